The van der Waals surface area contributed by atoms with Gasteiger partial charge in [0.25, 0.3) is 0 Å². The van der Waals surface area contributed by atoms with Crippen LogP contribution in [-0.2, 0) is 11.2 Å². The summed E-state index contributed by atoms with van der Waals surface area (Å²) in [6.07, 6.45) is 1.67. The molecular weight excluding hydrogens is 375 g/mol. The molecule has 0 aliphatic rings. The third-order valence-corrected chi connectivity index (χ3v) is 3.10. The van der Waals surface area contributed by atoms with Crippen molar-refractivity contribution in [3.05, 3.63) is 32.2 Å². The summed E-state index contributed by atoms with van der Waals surface area (Å²) in [4.78, 5) is 14.8. The largest absolute Gasteiger partial charge is 0.481 e. The van der Waals surface area contributed by atoms with Crippen LogP contribution in [0, 0.1) is 3.57 Å². The lowest BCUT2D eigenvalue weighted by atomic mass is 10.3. The van der Waals surface area contributed by atoms with Gasteiger partial charge in [-0.3, -0.25) is 9.20 Å². The van der Waals surface area contributed by atoms with E-state index in [2.05, 4.69) is 43.5 Å². The highest BCUT2D eigenvalue weighted by Crippen LogP contribution is 2.18. The Balaban J connectivity index is 2.55. The summed E-state index contributed by atoms with van der Waals surface area (Å²) in [5.74, 6) is -0.871. The predicted molar refractivity (Wildman–Crippen MR) is 66.9 cm³/mol. The monoisotopic (exact) mass is 380 g/mol. The van der Waals surface area contributed by atoms with Crippen molar-refractivity contribution in [2.75, 3.05) is 0 Å². The Labute approximate surface area is 108 Å². The van der Waals surface area contributed by atoms with Gasteiger partial charge in [0, 0.05) is 9.77 Å². The number of rotatable bonds is 2. The summed E-state index contributed by atoms with van der Waals surface area (Å²) in [6, 6.07) is 3.84. The highest BCUT2D eigenvalue weighted by atomic mass is 127. The van der Waals surface area contributed by atoms with Crippen LogP contribution in [0.15, 0.2) is 22.9 Å². The minimum Gasteiger partial charge on any atom is -0.481 e. The predicted octanol–water partition coefficient (Wildman–Crippen LogP) is 2.33. The van der Waals surface area contributed by atoms with E-state index in [0.717, 1.165) is 13.8 Å². The van der Waals surface area contributed by atoms with Gasteiger partial charge in [-0.1, -0.05) is 0 Å². The van der Waals surface area contributed by atoms with Crippen LogP contribution in [0.5, 0.6) is 0 Å². The van der Waals surface area contributed by atoms with E-state index in [4.69, 9.17) is 5.11 Å². The Morgan fingerprint density at radius 1 is 1.60 bits per heavy atom. The average Bonchev–Trinajstić information content (AvgIpc) is 2.45. The standard InChI is InChI=1S/C9H6BrIN2O2/c10-7-1-5(11)2-8-12-6(3-9(14)15)4-13(7)8/h1-2,4H,3H2,(H,14,15). The Kier molecular flexibility index (Phi) is 2.96. The molecule has 0 saturated carbocycles. The van der Waals surface area contributed by atoms with Gasteiger partial charge >= 0.3 is 5.97 Å². The Morgan fingerprint density at radius 3 is 3.00 bits per heavy atom. The minimum absolute atomic E-state index is 0.0509. The molecule has 0 aliphatic carbocycles. The number of hydrogen-bond donors (Lipinski definition) is 1. The quantitative estimate of drug-likeness (QED) is 0.642. The zero-order valence-corrected chi connectivity index (χ0v) is 11.2. The smallest absolute Gasteiger partial charge is 0.309 e. The van der Waals surface area contributed by atoms with Crippen molar-refractivity contribution in [3.63, 3.8) is 0 Å². The molecule has 0 amide bonds. The van der Waals surface area contributed by atoms with Crippen LogP contribution < -0.4 is 0 Å². The van der Waals surface area contributed by atoms with Gasteiger partial charge in [-0.2, -0.15) is 0 Å². The second-order valence-electron chi connectivity index (χ2n) is 3.03. The lowest BCUT2D eigenvalue weighted by Crippen LogP contribution is -1.99. The van der Waals surface area contributed by atoms with E-state index in [1.54, 1.807) is 6.20 Å². The molecule has 2 rings (SSSR count). The summed E-state index contributed by atoms with van der Waals surface area (Å²) in [6.45, 7) is 0. The van der Waals surface area contributed by atoms with Crippen molar-refractivity contribution in [3.8, 4) is 0 Å². The zero-order chi connectivity index (χ0) is 11.0. The van der Waals surface area contributed by atoms with Crippen molar-refractivity contribution >= 4 is 50.1 Å². The summed E-state index contributed by atoms with van der Waals surface area (Å²) in [7, 11) is 0. The number of fused-ring (bicyclic) bond motifs is 1. The van der Waals surface area contributed by atoms with Gasteiger partial charge in [-0.15, -0.1) is 0 Å². The van der Waals surface area contributed by atoms with Gasteiger partial charge in [0.1, 0.15) is 5.65 Å². The van der Waals surface area contributed by atoms with Crippen LogP contribution in [0.3, 0.4) is 0 Å². The van der Waals surface area contributed by atoms with Crippen LogP contribution in [-0.4, -0.2) is 20.5 Å². The number of aromatic nitrogens is 2. The fraction of sp³-hybridized carbons (Fsp3) is 0.111. The third kappa shape index (κ3) is 2.31. The zero-order valence-electron chi connectivity index (χ0n) is 7.44. The Bertz CT molecular complexity index is 538. The minimum atomic E-state index is -0.871. The number of halogens is 2. The van der Waals surface area contributed by atoms with Crippen LogP contribution >= 0.6 is 38.5 Å². The Hall–Kier alpha value is -0.630. The van der Waals surface area contributed by atoms with Gasteiger partial charge in [0.2, 0.25) is 0 Å². The molecule has 15 heavy (non-hydrogen) atoms. The molecule has 0 radical (unpaired) electrons. The van der Waals surface area contributed by atoms with Crippen molar-refractivity contribution in [1.82, 2.24) is 9.38 Å². The van der Waals surface area contributed by atoms with Gasteiger partial charge in [-0.05, 0) is 50.7 Å². The number of hydrogen-bond acceptors (Lipinski definition) is 2. The van der Waals surface area contributed by atoms with Crippen LogP contribution in [0.4, 0.5) is 0 Å². The molecule has 2 aromatic rings. The molecule has 0 bridgehead atoms. The highest BCUT2D eigenvalue weighted by molar-refractivity contribution is 14.1. The molecule has 0 aromatic carbocycles. The highest BCUT2D eigenvalue weighted by Gasteiger charge is 2.08. The molecular formula is C9H6BrIN2O2. The molecule has 0 spiro atoms. The number of imidazole rings is 1. The number of nitrogens with zero attached hydrogens (tertiary/aromatic N) is 2. The summed E-state index contributed by atoms with van der Waals surface area (Å²) in [5, 5.41) is 8.65. The van der Waals surface area contributed by atoms with Crippen LogP contribution in [0.1, 0.15) is 5.69 Å². The van der Waals surface area contributed by atoms with E-state index < -0.39 is 5.97 Å². The molecule has 0 unspecified atom stereocenters. The maximum Gasteiger partial charge on any atom is 0.309 e. The van der Waals surface area contributed by atoms with Crippen molar-refractivity contribution < 1.29 is 9.90 Å². The second-order valence-corrected chi connectivity index (χ2v) is 5.09. The normalized spacial score (nSPS) is 10.8. The number of aliphatic carboxylic acids is 1. The molecule has 0 atom stereocenters. The maximum absolute atomic E-state index is 10.5. The summed E-state index contributed by atoms with van der Waals surface area (Å²) in [5.41, 5.74) is 1.32. The summed E-state index contributed by atoms with van der Waals surface area (Å²) >= 11 is 5.59. The number of pyridine rings is 1. The molecule has 4 nitrogen and oxygen atoms in total. The van der Waals surface area contributed by atoms with Crippen LogP contribution in [0.25, 0.3) is 5.65 Å². The first kappa shape index (κ1) is 10.9. The van der Waals surface area contributed by atoms with E-state index in [1.165, 1.54) is 0 Å². The first-order chi connectivity index (χ1) is 7.06. The van der Waals surface area contributed by atoms with E-state index in [-0.39, 0.29) is 6.42 Å². The Morgan fingerprint density at radius 2 is 2.33 bits per heavy atom. The third-order valence-electron chi connectivity index (χ3n) is 1.87. The van der Waals surface area contributed by atoms with Crippen molar-refractivity contribution in [1.29, 1.82) is 0 Å². The SMILES string of the molecule is O=C(O)Cc1cn2c(Br)cc(I)cc2n1. The van der Waals surface area contributed by atoms with E-state index in [9.17, 15) is 4.79 Å². The molecule has 6 heteroatoms. The first-order valence-corrected chi connectivity index (χ1v) is 5.98. The molecule has 1 N–H and O–H groups in total. The van der Waals surface area contributed by atoms with Crippen molar-refractivity contribution in [2.24, 2.45) is 0 Å². The molecule has 2 heterocycles. The van der Waals surface area contributed by atoms with Gasteiger partial charge in [0.15, 0.2) is 0 Å². The number of carboxylic acids is 1. The number of carboxylic acid groups (broad SMARTS) is 1. The lowest BCUT2D eigenvalue weighted by Gasteiger charge is -1.97. The van der Waals surface area contributed by atoms with E-state index in [1.807, 2.05) is 16.5 Å². The molecule has 78 valence electrons. The fourth-order valence-electron chi connectivity index (χ4n) is 1.31. The second kappa shape index (κ2) is 4.09. The fourth-order valence-corrected chi connectivity index (χ4v) is 2.84. The number of carbonyl (C=O) groups is 1. The van der Waals surface area contributed by atoms with Gasteiger partial charge < -0.3 is 5.11 Å². The van der Waals surface area contributed by atoms with Gasteiger partial charge in [-0.25, -0.2) is 4.98 Å². The molecule has 0 fully saturated rings. The molecule has 0 saturated heterocycles. The van der Waals surface area contributed by atoms with Crippen LogP contribution in [0.2, 0.25) is 0 Å². The topological polar surface area (TPSA) is 54.6 Å². The maximum atomic E-state index is 10.5. The molecule has 2 aromatic heterocycles. The molecule has 0 aliphatic heterocycles. The lowest BCUT2D eigenvalue weighted by molar-refractivity contribution is -0.136. The van der Waals surface area contributed by atoms with Gasteiger partial charge in [0.05, 0.1) is 16.7 Å². The first-order valence-electron chi connectivity index (χ1n) is 4.11. The van der Waals surface area contributed by atoms with Crippen molar-refractivity contribution in [2.45, 2.75) is 6.42 Å². The average molecular weight is 381 g/mol. The van der Waals surface area contributed by atoms with E-state index in [0.29, 0.717) is 5.69 Å². The summed E-state index contributed by atoms with van der Waals surface area (Å²) < 4.78 is 3.74. The van der Waals surface area contributed by atoms with E-state index >= 15 is 0 Å².